The van der Waals surface area contributed by atoms with Crippen molar-refractivity contribution in [1.29, 1.82) is 0 Å². The number of carbonyl (C=O) groups is 1. The van der Waals surface area contributed by atoms with Crippen LogP contribution in [0.15, 0.2) is 109 Å². The molecule has 3 saturated heterocycles. The van der Waals surface area contributed by atoms with Crippen LogP contribution in [0.25, 0.3) is 0 Å². The van der Waals surface area contributed by atoms with Crippen molar-refractivity contribution in [1.82, 2.24) is 5.32 Å². The molecule has 0 aromatic carbocycles. The molecule has 12 N–H and O–H groups in total. The maximum absolute atomic E-state index is 13.3. The Morgan fingerprint density at radius 3 is 1.29 bits per heavy atom. The quantitative estimate of drug-likeness (QED) is 0.0207. The molecular weight excluding hydrogens is 1120 g/mol. The number of rotatable bonds is 47. The molecule has 3 fully saturated rings. The molecule has 19 heteroatoms. The molecule has 0 radical (unpaired) electrons. The SMILES string of the molecule is CC/C=C\C/C=C\C/C=C\C/C=C\C/C=C\C/C=C\C/C=C\CCCCCCCCCCCCCC(=O)NC(COC1OC(CO)C(OC2OC(CO)C(OC3OC(CO)C(O)C(O)C3O)C(O)C2O)C(O)C1O)C(O)/C=C/CC/C=C/CCCCC. The first-order chi connectivity index (χ1) is 42.3. The second kappa shape index (κ2) is 49.2. The van der Waals surface area contributed by atoms with Gasteiger partial charge in [0.25, 0.3) is 0 Å². The van der Waals surface area contributed by atoms with E-state index >= 15 is 0 Å². The number of aliphatic hydroxyl groups is 11. The van der Waals surface area contributed by atoms with Crippen LogP contribution in [-0.2, 0) is 33.2 Å². The van der Waals surface area contributed by atoms with Gasteiger partial charge in [-0.25, -0.2) is 0 Å². The molecule has 3 aliphatic rings. The van der Waals surface area contributed by atoms with Gasteiger partial charge in [0.05, 0.1) is 38.6 Å². The van der Waals surface area contributed by atoms with E-state index in [1.54, 1.807) is 6.08 Å². The minimum atomic E-state index is -1.98. The molecule has 0 aromatic heterocycles. The average Bonchev–Trinajstić information content (AvgIpc) is 1.04. The van der Waals surface area contributed by atoms with Gasteiger partial charge in [0, 0.05) is 6.42 Å². The van der Waals surface area contributed by atoms with Crippen molar-refractivity contribution in [2.45, 2.75) is 285 Å². The fraction of sp³-hybridized carbons (Fsp3) is 0.721. The Labute approximate surface area is 519 Å². The summed E-state index contributed by atoms with van der Waals surface area (Å²) >= 11 is 0. The normalized spacial score (nSPS) is 29.3. The summed E-state index contributed by atoms with van der Waals surface area (Å²) in [6.45, 7) is 1.50. The molecule has 19 nitrogen and oxygen atoms in total. The van der Waals surface area contributed by atoms with E-state index in [2.05, 4.69) is 116 Å². The number of aliphatic hydroxyl groups excluding tert-OH is 11. The summed E-state index contributed by atoms with van der Waals surface area (Å²) in [5, 5.41) is 120. The van der Waals surface area contributed by atoms with E-state index in [4.69, 9.17) is 28.4 Å². The van der Waals surface area contributed by atoms with Gasteiger partial charge in [-0.2, -0.15) is 0 Å². The minimum Gasteiger partial charge on any atom is -0.394 e. The van der Waals surface area contributed by atoms with Crippen molar-refractivity contribution in [3.05, 3.63) is 109 Å². The standard InChI is InChI=1S/C68H113NO18/c1-3-5-7-9-11-13-14-15-16-17-18-19-20-21-22-23-24-25-26-27-28-29-30-31-32-33-34-35-36-38-40-42-44-46-56(74)69-51(52(73)45-43-41-39-37-12-10-8-6-4-2)50-82-66-62(80)59(77)64(54(48-71)84-66)87-68-63(81)60(78)65(55(49-72)85-68)86-67-61(79)58(76)57(75)53(47-70)83-67/h5,7,11-13,15-16,18-19,21-22,24-25,27-28,37,43,45,51-55,57-68,70-73,75-81H,3-4,6,8-10,14,17,20,23,26,29-36,38-42,44,46-50H2,1-2H3,(H,69,74)/b7-5-,13-11-,16-15-,19-18-,22-21-,25-24-,28-27-,37-12+,45-43+. The monoisotopic (exact) mass is 1230 g/mol. The van der Waals surface area contributed by atoms with Gasteiger partial charge in [-0.05, 0) is 89.9 Å². The van der Waals surface area contributed by atoms with E-state index in [0.717, 1.165) is 103 Å². The van der Waals surface area contributed by atoms with Gasteiger partial charge in [-0.3, -0.25) is 4.79 Å². The Balaban J connectivity index is 1.36. The highest BCUT2D eigenvalue weighted by Crippen LogP contribution is 2.33. The molecule has 0 aliphatic carbocycles. The predicted molar refractivity (Wildman–Crippen MR) is 337 cm³/mol. The molecule has 3 rings (SSSR count). The first-order valence-electron chi connectivity index (χ1n) is 32.6. The Bertz CT molecular complexity index is 2000. The lowest BCUT2D eigenvalue weighted by atomic mass is 9.96. The molecule has 17 unspecified atom stereocenters. The Morgan fingerprint density at radius 2 is 0.805 bits per heavy atom. The Hall–Kier alpha value is -3.55. The van der Waals surface area contributed by atoms with Crippen LogP contribution in [0.1, 0.15) is 181 Å². The number of nitrogens with one attached hydrogen (secondary N) is 1. The Morgan fingerprint density at radius 1 is 0.425 bits per heavy atom. The molecular formula is C68H113NO18. The maximum Gasteiger partial charge on any atom is 0.220 e. The zero-order chi connectivity index (χ0) is 63.3. The molecule has 0 aromatic rings. The number of amides is 1. The van der Waals surface area contributed by atoms with Crippen molar-refractivity contribution in [2.75, 3.05) is 26.4 Å². The summed E-state index contributed by atoms with van der Waals surface area (Å²) in [6.07, 6.45) is 38.2. The van der Waals surface area contributed by atoms with E-state index in [-0.39, 0.29) is 18.9 Å². The number of allylic oxidation sites excluding steroid dienone is 17. The largest absolute Gasteiger partial charge is 0.394 e. The zero-order valence-corrected chi connectivity index (χ0v) is 52.2. The van der Waals surface area contributed by atoms with Crippen LogP contribution in [0.3, 0.4) is 0 Å². The zero-order valence-electron chi connectivity index (χ0n) is 52.2. The maximum atomic E-state index is 13.3. The second-order valence-corrected chi connectivity index (χ2v) is 22.8. The summed E-state index contributed by atoms with van der Waals surface area (Å²) in [6, 6.07) is -0.996. The third-order valence-electron chi connectivity index (χ3n) is 15.6. The van der Waals surface area contributed by atoms with Crippen LogP contribution in [-0.4, -0.2) is 193 Å². The molecule has 3 heterocycles. The molecule has 17 atom stereocenters. The summed E-state index contributed by atoms with van der Waals surface area (Å²) in [5.74, 6) is -0.298. The van der Waals surface area contributed by atoms with Crippen LogP contribution in [0.5, 0.6) is 0 Å². The highest BCUT2D eigenvalue weighted by atomic mass is 16.8. The van der Waals surface area contributed by atoms with Gasteiger partial charge in [-0.1, -0.05) is 194 Å². The van der Waals surface area contributed by atoms with Crippen molar-refractivity contribution < 1.29 is 89.4 Å². The molecule has 498 valence electrons. The highest BCUT2D eigenvalue weighted by Gasteiger charge is 2.53. The number of ether oxygens (including phenoxy) is 6. The molecule has 3 aliphatic heterocycles. The Kier molecular flexibility index (Phi) is 43.9. The van der Waals surface area contributed by atoms with Gasteiger partial charge in [0.2, 0.25) is 5.91 Å². The van der Waals surface area contributed by atoms with Gasteiger partial charge in [0.1, 0.15) is 73.2 Å². The number of carbonyl (C=O) groups excluding carboxylic acids is 1. The summed E-state index contributed by atoms with van der Waals surface area (Å²) in [7, 11) is 0. The summed E-state index contributed by atoms with van der Waals surface area (Å²) in [5.41, 5.74) is 0. The van der Waals surface area contributed by atoms with Crippen molar-refractivity contribution in [3.63, 3.8) is 0 Å². The van der Waals surface area contributed by atoms with Crippen molar-refractivity contribution in [3.8, 4) is 0 Å². The number of hydrogen-bond acceptors (Lipinski definition) is 18. The average molecular weight is 1230 g/mol. The highest BCUT2D eigenvalue weighted by molar-refractivity contribution is 5.76. The fourth-order valence-electron chi connectivity index (χ4n) is 10.2. The lowest BCUT2D eigenvalue weighted by Gasteiger charge is -2.48. The lowest BCUT2D eigenvalue weighted by molar-refractivity contribution is -0.379. The van der Waals surface area contributed by atoms with Crippen LogP contribution in [0.2, 0.25) is 0 Å². The van der Waals surface area contributed by atoms with Gasteiger partial charge in [-0.15, -0.1) is 0 Å². The van der Waals surface area contributed by atoms with E-state index in [0.29, 0.717) is 12.8 Å². The van der Waals surface area contributed by atoms with E-state index in [1.807, 2.05) is 6.08 Å². The third-order valence-corrected chi connectivity index (χ3v) is 15.6. The molecule has 0 saturated carbocycles. The summed E-state index contributed by atoms with van der Waals surface area (Å²) in [4.78, 5) is 13.3. The number of hydrogen-bond donors (Lipinski definition) is 12. The molecule has 0 spiro atoms. The van der Waals surface area contributed by atoms with Crippen LogP contribution in [0.4, 0.5) is 0 Å². The fourth-order valence-corrected chi connectivity index (χ4v) is 10.2. The van der Waals surface area contributed by atoms with Gasteiger partial charge in [0.15, 0.2) is 18.9 Å². The lowest BCUT2D eigenvalue weighted by Crippen LogP contribution is -2.66. The smallest absolute Gasteiger partial charge is 0.220 e. The minimum absolute atomic E-state index is 0.224. The van der Waals surface area contributed by atoms with E-state index in [1.165, 1.54) is 44.9 Å². The first-order valence-corrected chi connectivity index (χ1v) is 32.6. The van der Waals surface area contributed by atoms with E-state index < -0.39 is 124 Å². The molecule has 0 bridgehead atoms. The van der Waals surface area contributed by atoms with Crippen molar-refractivity contribution in [2.24, 2.45) is 0 Å². The molecule has 1 amide bonds. The van der Waals surface area contributed by atoms with E-state index in [9.17, 15) is 61.0 Å². The second-order valence-electron chi connectivity index (χ2n) is 22.8. The molecule has 87 heavy (non-hydrogen) atoms. The third kappa shape index (κ3) is 31.8. The van der Waals surface area contributed by atoms with Crippen LogP contribution in [0, 0.1) is 0 Å². The predicted octanol–water partition coefficient (Wildman–Crippen LogP) is 7.49. The first kappa shape index (κ1) is 77.7. The van der Waals surface area contributed by atoms with Crippen LogP contribution < -0.4 is 5.32 Å². The summed E-state index contributed by atoms with van der Waals surface area (Å²) < 4.78 is 34.2. The number of unbranched alkanes of at least 4 members (excludes halogenated alkanes) is 15. The topological polar surface area (TPSA) is 307 Å². The van der Waals surface area contributed by atoms with Gasteiger partial charge < -0.3 is 89.9 Å². The van der Waals surface area contributed by atoms with Crippen molar-refractivity contribution >= 4 is 5.91 Å². The van der Waals surface area contributed by atoms with Crippen LogP contribution >= 0.6 is 0 Å². The van der Waals surface area contributed by atoms with Gasteiger partial charge >= 0.3 is 0 Å².